The van der Waals surface area contributed by atoms with E-state index >= 15 is 0 Å². The second-order valence-corrected chi connectivity index (χ2v) is 10.8. The van der Waals surface area contributed by atoms with Crippen molar-refractivity contribution in [3.05, 3.63) is 29.3 Å². The van der Waals surface area contributed by atoms with Crippen LogP contribution in [0.2, 0.25) is 5.02 Å². The molecule has 0 radical (unpaired) electrons. The van der Waals surface area contributed by atoms with E-state index in [9.17, 15) is 26.9 Å². The zero-order chi connectivity index (χ0) is 26.0. The van der Waals surface area contributed by atoms with Crippen LogP contribution < -0.4 is 5.84 Å². The lowest BCUT2D eigenvalue weighted by molar-refractivity contribution is -0.318. The number of hydrogen-bond donors (Lipinski definition) is 2. The molecule has 15 heteroatoms. The lowest BCUT2D eigenvalue weighted by Gasteiger charge is -2.46. The molecule has 0 aliphatic carbocycles. The molecule has 3 N–H and O–H groups in total. The molecule has 4 aliphatic rings. The van der Waals surface area contributed by atoms with E-state index in [1.54, 1.807) is 22.2 Å². The van der Waals surface area contributed by atoms with E-state index in [2.05, 4.69) is 6.07 Å². The molecule has 4 fully saturated rings. The third kappa shape index (κ3) is 5.88. The molecule has 194 valence electrons. The maximum Gasteiger partial charge on any atom is 0.490 e. The van der Waals surface area contributed by atoms with Crippen molar-refractivity contribution in [3.63, 3.8) is 0 Å². The third-order valence-electron chi connectivity index (χ3n) is 6.36. The number of nitrogens with two attached hydrogens (primary N) is 1. The van der Waals surface area contributed by atoms with Crippen LogP contribution in [0.4, 0.5) is 13.2 Å². The Balaban J connectivity index is 0.000000429. The minimum Gasteiger partial charge on any atom is -0.475 e. The van der Waals surface area contributed by atoms with E-state index in [0.717, 1.165) is 13.0 Å². The topological polar surface area (TPSA) is 140 Å². The number of halogens is 4. The van der Waals surface area contributed by atoms with Crippen molar-refractivity contribution in [2.45, 2.75) is 54.4 Å². The lowest BCUT2D eigenvalue weighted by atomic mass is 9.89. The number of nitrogens with zero attached hydrogens (tertiary/aromatic N) is 4. The number of carbonyl (C=O) groups is 1. The van der Waals surface area contributed by atoms with Crippen molar-refractivity contribution in [1.82, 2.24) is 14.4 Å². The van der Waals surface area contributed by atoms with Crippen LogP contribution in [0.15, 0.2) is 29.2 Å². The monoisotopic (exact) mass is 539 g/mol. The normalized spacial score (nSPS) is 27.0. The van der Waals surface area contributed by atoms with Gasteiger partial charge in [0.15, 0.2) is 5.54 Å². The Hall–Kier alpha value is -1.99. The predicted octanol–water partition coefficient (Wildman–Crippen LogP) is 1.97. The molecule has 3 atom stereocenters. The fraction of sp³-hybridized carbons (Fsp3) is 0.600. The highest BCUT2D eigenvalue weighted by molar-refractivity contribution is 7.89. The first kappa shape index (κ1) is 27.6. The van der Waals surface area contributed by atoms with Gasteiger partial charge in [0.25, 0.3) is 0 Å². The molecule has 0 spiro atoms. The summed E-state index contributed by atoms with van der Waals surface area (Å²) in [5.41, 5.74) is -0.545. The van der Waals surface area contributed by atoms with Crippen molar-refractivity contribution < 1.29 is 36.3 Å². The average molecular weight is 540 g/mol. The Morgan fingerprint density at radius 1 is 1.26 bits per heavy atom. The van der Waals surface area contributed by atoms with Crippen LogP contribution in [0.1, 0.15) is 25.7 Å². The number of fused-ring (bicyclic) bond motifs is 1. The number of sulfonamides is 1. The van der Waals surface area contributed by atoms with Gasteiger partial charge in [0.05, 0.1) is 11.0 Å². The summed E-state index contributed by atoms with van der Waals surface area (Å²) in [6.07, 6.45) is -2.26. The molecule has 0 saturated carbocycles. The first-order valence-corrected chi connectivity index (χ1v) is 12.6. The maximum absolute atomic E-state index is 12.8. The summed E-state index contributed by atoms with van der Waals surface area (Å²) in [7, 11) is -3.52. The van der Waals surface area contributed by atoms with E-state index in [4.69, 9.17) is 32.2 Å². The van der Waals surface area contributed by atoms with Gasteiger partial charge < -0.3 is 5.11 Å². The Kier molecular flexibility index (Phi) is 8.32. The Labute approximate surface area is 205 Å². The molecule has 1 aromatic rings. The Morgan fingerprint density at radius 2 is 1.83 bits per heavy atom. The number of hydroxylamine groups is 2. The van der Waals surface area contributed by atoms with E-state index in [-0.39, 0.29) is 17.0 Å². The highest BCUT2D eigenvalue weighted by Crippen LogP contribution is 2.44. The third-order valence-corrected chi connectivity index (χ3v) is 8.52. The maximum atomic E-state index is 12.8. The SMILES string of the molecule is N#CC1(CCN(N)C2CCN(S(=O)(=O)c3ccc(Cl)cc3)CC2)C2CCN1O2.O=C(O)C(F)(F)F. The van der Waals surface area contributed by atoms with Gasteiger partial charge in [-0.25, -0.2) is 18.2 Å². The quantitative estimate of drug-likeness (QED) is 0.410. The number of alkyl halides is 3. The van der Waals surface area contributed by atoms with Gasteiger partial charge in [-0.05, 0) is 49.9 Å². The fourth-order valence-electron chi connectivity index (χ4n) is 4.35. The number of aliphatic carboxylic acids is 1. The van der Waals surface area contributed by atoms with Crippen LogP contribution in [0.3, 0.4) is 0 Å². The van der Waals surface area contributed by atoms with Crippen LogP contribution >= 0.6 is 11.6 Å². The van der Waals surface area contributed by atoms with Crippen LogP contribution in [-0.4, -0.2) is 83.9 Å². The van der Waals surface area contributed by atoms with Crippen molar-refractivity contribution in [1.29, 1.82) is 5.26 Å². The smallest absolute Gasteiger partial charge is 0.475 e. The minimum absolute atomic E-state index is 0.0164. The van der Waals surface area contributed by atoms with Crippen molar-refractivity contribution in [2.24, 2.45) is 5.84 Å². The molecule has 10 nitrogen and oxygen atoms in total. The standard InChI is InChI=1S/C18H24ClN5O3S.C2HF3O2/c19-14-1-3-16(4-2-14)28(25,26)22-9-5-15(6-10-22)23(21)12-8-18(13-20)17-7-11-24(18)27-17;3-2(4,5)1(6)7/h1-4,15,17H,5-12,21H2;(H,6,7). The summed E-state index contributed by atoms with van der Waals surface area (Å²) in [4.78, 5) is 14.7. The Morgan fingerprint density at radius 3 is 2.26 bits per heavy atom. The molecular weight excluding hydrogens is 515 g/mol. The van der Waals surface area contributed by atoms with Crippen molar-refractivity contribution >= 4 is 27.6 Å². The summed E-state index contributed by atoms with van der Waals surface area (Å²) in [6.45, 7) is 2.22. The molecule has 0 amide bonds. The van der Waals surface area contributed by atoms with Crippen molar-refractivity contribution in [3.8, 4) is 6.07 Å². The highest BCUT2D eigenvalue weighted by Gasteiger charge is 2.61. The number of hydrazine groups is 1. The van der Waals surface area contributed by atoms with E-state index in [1.807, 2.05) is 0 Å². The molecule has 4 aliphatic heterocycles. The number of hydrogen-bond acceptors (Lipinski definition) is 8. The summed E-state index contributed by atoms with van der Waals surface area (Å²) >= 11 is 5.85. The zero-order valence-electron chi connectivity index (χ0n) is 18.5. The molecule has 5 rings (SSSR count). The summed E-state index contributed by atoms with van der Waals surface area (Å²) in [6, 6.07) is 8.74. The van der Waals surface area contributed by atoms with Crippen LogP contribution in [0.25, 0.3) is 0 Å². The van der Waals surface area contributed by atoms with Gasteiger partial charge in [0.1, 0.15) is 6.10 Å². The van der Waals surface area contributed by atoms with Gasteiger partial charge in [-0.2, -0.15) is 27.8 Å². The second-order valence-electron chi connectivity index (χ2n) is 8.40. The van der Waals surface area contributed by atoms with Gasteiger partial charge in [0.2, 0.25) is 10.0 Å². The van der Waals surface area contributed by atoms with E-state index in [0.29, 0.717) is 43.9 Å². The Bertz CT molecular complexity index is 1040. The van der Waals surface area contributed by atoms with Gasteiger partial charge in [0, 0.05) is 37.2 Å². The number of benzene rings is 1. The largest absolute Gasteiger partial charge is 0.490 e. The molecule has 35 heavy (non-hydrogen) atoms. The second kappa shape index (κ2) is 10.6. The molecule has 1 aromatic carbocycles. The van der Waals surface area contributed by atoms with Gasteiger partial charge in [-0.15, -0.1) is 0 Å². The lowest BCUT2D eigenvalue weighted by Crippen LogP contribution is -2.63. The number of carboxylic acids is 1. The zero-order valence-corrected chi connectivity index (χ0v) is 20.1. The van der Waals surface area contributed by atoms with Gasteiger partial charge in [-0.3, -0.25) is 10.7 Å². The van der Waals surface area contributed by atoms with Gasteiger partial charge >= 0.3 is 12.1 Å². The molecule has 4 saturated heterocycles. The van der Waals surface area contributed by atoms with E-state index in [1.165, 1.54) is 16.4 Å². The van der Waals surface area contributed by atoms with Crippen LogP contribution in [0.5, 0.6) is 0 Å². The molecule has 0 aromatic heterocycles. The highest BCUT2D eigenvalue weighted by atomic mass is 35.5. The number of nitriles is 1. The van der Waals surface area contributed by atoms with E-state index < -0.39 is 27.7 Å². The summed E-state index contributed by atoms with van der Waals surface area (Å²) < 4.78 is 58.8. The van der Waals surface area contributed by atoms with Crippen molar-refractivity contribution in [2.75, 3.05) is 26.2 Å². The minimum atomic E-state index is -5.08. The van der Waals surface area contributed by atoms with Crippen LogP contribution in [0, 0.1) is 11.3 Å². The number of rotatable bonds is 6. The summed E-state index contributed by atoms with van der Waals surface area (Å²) in [5, 5.41) is 20.7. The fourth-order valence-corrected chi connectivity index (χ4v) is 5.94. The van der Waals surface area contributed by atoms with Crippen LogP contribution in [-0.2, 0) is 19.7 Å². The molecule has 4 heterocycles. The molecular formula is C20H25ClF3N5O5S. The molecule has 3 unspecified atom stereocenters. The molecule has 2 bridgehead atoms. The number of piperidine rings is 1. The predicted molar refractivity (Wildman–Crippen MR) is 117 cm³/mol. The average Bonchev–Trinajstić information content (AvgIpc) is 3.44. The van der Waals surface area contributed by atoms with Gasteiger partial charge in [-0.1, -0.05) is 11.6 Å². The first-order valence-electron chi connectivity index (χ1n) is 10.7. The summed E-state index contributed by atoms with van der Waals surface area (Å²) in [5.74, 6) is 3.51. The number of carboxylic acid groups (broad SMARTS) is 1. The first-order chi connectivity index (χ1) is 16.3.